The van der Waals surface area contributed by atoms with Crippen LogP contribution in [0.3, 0.4) is 0 Å². The van der Waals surface area contributed by atoms with Crippen molar-refractivity contribution in [3.63, 3.8) is 0 Å². The zero-order valence-corrected chi connectivity index (χ0v) is 9.29. The summed E-state index contributed by atoms with van der Waals surface area (Å²) in [6, 6.07) is 8.48. The van der Waals surface area contributed by atoms with E-state index in [-0.39, 0.29) is 31.4 Å². The van der Waals surface area contributed by atoms with Gasteiger partial charge in [-0.1, -0.05) is 25.1 Å². The third-order valence-corrected chi connectivity index (χ3v) is 1.55. The van der Waals surface area contributed by atoms with Gasteiger partial charge >= 0.3 is 0 Å². The lowest BCUT2D eigenvalue weighted by molar-refractivity contribution is -0.00000261. The van der Waals surface area contributed by atoms with E-state index in [0.29, 0.717) is 0 Å². The van der Waals surface area contributed by atoms with Crippen molar-refractivity contribution in [3.05, 3.63) is 29.8 Å². The zero-order chi connectivity index (χ0) is 7.56. The van der Waals surface area contributed by atoms with Gasteiger partial charge in [0, 0.05) is 19.8 Å². The van der Waals surface area contributed by atoms with Crippen molar-refractivity contribution in [1.29, 1.82) is 0 Å². The highest BCUT2D eigenvalue weighted by atomic mass is 127. The molecule has 0 aliphatic rings. The Morgan fingerprint density at radius 2 is 1.42 bits per heavy atom. The highest BCUT2D eigenvalue weighted by Gasteiger charge is 1.90. The Bertz CT molecular complexity index is 204. The number of hydrogen-bond donors (Lipinski definition) is 0. The minimum Gasteiger partial charge on any atom is -1.00 e. The summed E-state index contributed by atoms with van der Waals surface area (Å²) in [7, 11) is 4.09. The van der Waals surface area contributed by atoms with Gasteiger partial charge in [0.15, 0.2) is 0 Å². The normalized spacial score (nSPS) is 7.92. The maximum Gasteiger partial charge on any atom is 0.0361 e. The smallest absolute Gasteiger partial charge is 0.0361 e. The molecular formula is C10H17IN-. The van der Waals surface area contributed by atoms with Crippen molar-refractivity contribution in [2.45, 2.75) is 14.4 Å². The van der Waals surface area contributed by atoms with Gasteiger partial charge in [-0.05, 0) is 19.1 Å². The molecule has 2 heteroatoms. The van der Waals surface area contributed by atoms with E-state index >= 15 is 0 Å². The van der Waals surface area contributed by atoms with Gasteiger partial charge in [0.2, 0.25) is 0 Å². The molecule has 1 aromatic rings. The lowest BCUT2D eigenvalue weighted by Gasteiger charge is -2.11. The number of anilines is 1. The maximum atomic E-state index is 2.12. The first-order chi connectivity index (χ1) is 4.70. The van der Waals surface area contributed by atoms with Gasteiger partial charge in [-0.3, -0.25) is 0 Å². The molecule has 1 rings (SSSR count). The predicted molar refractivity (Wildman–Crippen MR) is 52.2 cm³/mol. The third kappa shape index (κ3) is 3.95. The molecule has 1 nitrogen and oxygen atoms in total. The summed E-state index contributed by atoms with van der Waals surface area (Å²) < 4.78 is 0. The Balaban J connectivity index is 0. The number of halogens is 1. The van der Waals surface area contributed by atoms with Crippen LogP contribution in [0.1, 0.15) is 13.0 Å². The second kappa shape index (κ2) is 6.29. The van der Waals surface area contributed by atoms with Crippen molar-refractivity contribution in [2.75, 3.05) is 19.0 Å². The molecule has 0 N–H and O–H groups in total. The molecule has 0 heterocycles. The van der Waals surface area contributed by atoms with E-state index in [1.54, 1.807) is 0 Å². The van der Waals surface area contributed by atoms with Crippen LogP contribution in [0.2, 0.25) is 0 Å². The van der Waals surface area contributed by atoms with Gasteiger partial charge in [0.05, 0.1) is 0 Å². The van der Waals surface area contributed by atoms with Gasteiger partial charge in [-0.25, -0.2) is 0 Å². The molecule has 0 fully saturated rings. The molecule has 0 aliphatic heterocycles. The van der Waals surface area contributed by atoms with Gasteiger partial charge in [-0.2, -0.15) is 0 Å². The summed E-state index contributed by atoms with van der Waals surface area (Å²) in [5.41, 5.74) is 2.57. The topological polar surface area (TPSA) is 3.24 Å². The zero-order valence-electron chi connectivity index (χ0n) is 7.13. The first-order valence-electron chi connectivity index (χ1n) is 3.44. The van der Waals surface area contributed by atoms with E-state index in [1.807, 2.05) is 14.1 Å². The van der Waals surface area contributed by atoms with E-state index in [9.17, 15) is 0 Å². The third-order valence-electron chi connectivity index (χ3n) is 1.55. The standard InChI is InChI=1S/C9H13N.CH4.HI/c1-8-4-6-9(7-5-8)10(2)3;;/h4-7H,1-3H3;1H4;1H/p-1. The van der Waals surface area contributed by atoms with Crippen LogP contribution in [0.25, 0.3) is 0 Å². The summed E-state index contributed by atoms with van der Waals surface area (Å²) in [4.78, 5) is 2.10. The second-order valence-electron chi connectivity index (χ2n) is 2.73. The Morgan fingerprint density at radius 1 is 1.00 bits per heavy atom. The van der Waals surface area contributed by atoms with E-state index < -0.39 is 0 Å². The highest BCUT2D eigenvalue weighted by Crippen LogP contribution is 2.10. The molecule has 0 aromatic heterocycles. The molecule has 0 saturated heterocycles. The minimum absolute atomic E-state index is 0. The van der Waals surface area contributed by atoms with Crippen LogP contribution in [0, 0.1) is 6.92 Å². The van der Waals surface area contributed by atoms with Crippen LogP contribution in [0.15, 0.2) is 24.3 Å². The van der Waals surface area contributed by atoms with Crippen molar-refractivity contribution in [3.8, 4) is 0 Å². The number of nitrogens with zero attached hydrogens (tertiary/aromatic N) is 1. The molecule has 0 saturated carbocycles. The minimum atomic E-state index is 0. The molecule has 0 spiro atoms. The van der Waals surface area contributed by atoms with Crippen LogP contribution in [-0.4, -0.2) is 14.1 Å². The van der Waals surface area contributed by atoms with Crippen molar-refractivity contribution >= 4 is 5.69 Å². The Hall–Kier alpha value is -0.250. The molecule has 0 amide bonds. The summed E-state index contributed by atoms with van der Waals surface area (Å²) in [5.74, 6) is 0. The van der Waals surface area contributed by atoms with Crippen LogP contribution < -0.4 is 28.9 Å². The van der Waals surface area contributed by atoms with Crippen LogP contribution in [0.4, 0.5) is 5.69 Å². The molecule has 0 unspecified atom stereocenters. The Labute approximate surface area is 92.8 Å². The predicted octanol–water partition coefficient (Wildman–Crippen LogP) is -0.299. The average molecular weight is 278 g/mol. The molecule has 1 aromatic carbocycles. The second-order valence-corrected chi connectivity index (χ2v) is 2.73. The van der Waals surface area contributed by atoms with Crippen molar-refractivity contribution in [2.24, 2.45) is 0 Å². The largest absolute Gasteiger partial charge is 1.00 e. The fourth-order valence-corrected chi connectivity index (χ4v) is 0.843. The molecule has 70 valence electrons. The Morgan fingerprint density at radius 3 is 1.75 bits per heavy atom. The fraction of sp³-hybridized carbons (Fsp3) is 0.400. The Kier molecular flexibility index (Phi) is 7.48. The number of benzene rings is 1. The SMILES string of the molecule is C.Cc1ccc(N(C)C)cc1.[I-]. The highest BCUT2D eigenvalue weighted by molar-refractivity contribution is 5.45. The van der Waals surface area contributed by atoms with Gasteiger partial charge in [-0.15, -0.1) is 0 Å². The monoisotopic (exact) mass is 278 g/mol. The lowest BCUT2D eigenvalue weighted by Crippen LogP contribution is -3.00. The number of hydrogen-bond acceptors (Lipinski definition) is 1. The van der Waals surface area contributed by atoms with Gasteiger partial charge < -0.3 is 28.9 Å². The maximum absolute atomic E-state index is 2.12. The first-order valence-corrected chi connectivity index (χ1v) is 3.44. The van der Waals surface area contributed by atoms with Crippen LogP contribution in [-0.2, 0) is 0 Å². The summed E-state index contributed by atoms with van der Waals surface area (Å²) in [6.07, 6.45) is 0. The molecule has 0 radical (unpaired) electrons. The van der Waals surface area contributed by atoms with E-state index in [1.165, 1.54) is 11.3 Å². The van der Waals surface area contributed by atoms with Crippen molar-refractivity contribution < 1.29 is 24.0 Å². The quantitative estimate of drug-likeness (QED) is 0.638. The summed E-state index contributed by atoms with van der Waals surface area (Å²) >= 11 is 0. The average Bonchev–Trinajstić information content (AvgIpc) is 1.88. The number of aryl methyl sites for hydroxylation is 1. The lowest BCUT2D eigenvalue weighted by atomic mass is 10.2. The van der Waals surface area contributed by atoms with Gasteiger partial charge in [0.1, 0.15) is 0 Å². The molecule has 12 heavy (non-hydrogen) atoms. The molecular weight excluding hydrogens is 261 g/mol. The molecule has 0 aliphatic carbocycles. The van der Waals surface area contributed by atoms with Crippen molar-refractivity contribution in [1.82, 2.24) is 0 Å². The fourth-order valence-electron chi connectivity index (χ4n) is 0.843. The van der Waals surface area contributed by atoms with E-state index in [4.69, 9.17) is 0 Å². The van der Waals surface area contributed by atoms with Crippen LogP contribution >= 0.6 is 0 Å². The van der Waals surface area contributed by atoms with Crippen LogP contribution in [0.5, 0.6) is 0 Å². The van der Waals surface area contributed by atoms with Gasteiger partial charge in [0.25, 0.3) is 0 Å². The van der Waals surface area contributed by atoms with E-state index in [0.717, 1.165) is 0 Å². The first kappa shape index (κ1) is 14.3. The summed E-state index contributed by atoms with van der Waals surface area (Å²) in [5, 5.41) is 0. The summed E-state index contributed by atoms with van der Waals surface area (Å²) in [6.45, 7) is 2.10. The molecule has 0 atom stereocenters. The van der Waals surface area contributed by atoms with E-state index in [2.05, 4.69) is 36.1 Å². The molecule has 0 bridgehead atoms. The number of rotatable bonds is 1.